The van der Waals surface area contributed by atoms with E-state index in [4.69, 9.17) is 15.0 Å². The molecule has 0 radical (unpaired) electrons. The molecule has 0 N–H and O–H groups in total. The van der Waals surface area contributed by atoms with Gasteiger partial charge in [0.25, 0.3) is 0 Å². The molecule has 0 aliphatic carbocycles. The summed E-state index contributed by atoms with van der Waals surface area (Å²) < 4.78 is 7.91. The number of nitrogens with zero attached hydrogens (tertiary/aromatic N) is 3. The van der Waals surface area contributed by atoms with E-state index in [1.807, 2.05) is 0 Å². The largest absolute Gasteiger partial charge is 0.381 e. The quantitative estimate of drug-likeness (QED) is 0.838. The van der Waals surface area contributed by atoms with Crippen LogP contribution in [0.1, 0.15) is 55.2 Å². The van der Waals surface area contributed by atoms with Crippen LogP contribution in [-0.2, 0) is 24.1 Å². The molecule has 0 saturated carbocycles. The summed E-state index contributed by atoms with van der Waals surface area (Å²) >= 11 is 0. The molecule has 0 spiro atoms. The lowest BCUT2D eigenvalue weighted by Gasteiger charge is -2.24. The lowest BCUT2D eigenvalue weighted by Crippen LogP contribution is -2.20. The fraction of sp³-hybridized carbons (Fsp3) is 0.733. The van der Waals surface area contributed by atoms with Crippen molar-refractivity contribution < 1.29 is 4.74 Å². The number of aromatic nitrogens is 2. The van der Waals surface area contributed by atoms with Crippen LogP contribution in [0, 0.1) is 11.3 Å². The van der Waals surface area contributed by atoms with Crippen LogP contribution in [0.2, 0.25) is 0 Å². The summed E-state index contributed by atoms with van der Waals surface area (Å²) in [5.74, 6) is 1.83. The molecule has 19 heavy (non-hydrogen) atoms. The van der Waals surface area contributed by atoms with Gasteiger partial charge >= 0.3 is 0 Å². The van der Waals surface area contributed by atoms with Gasteiger partial charge in [0.15, 0.2) is 0 Å². The van der Waals surface area contributed by atoms with Gasteiger partial charge in [-0.2, -0.15) is 5.26 Å². The predicted molar refractivity (Wildman–Crippen MR) is 71.9 cm³/mol. The van der Waals surface area contributed by atoms with Crippen molar-refractivity contribution in [3.63, 3.8) is 0 Å². The lowest BCUT2D eigenvalue weighted by molar-refractivity contribution is 0.0826. The number of ether oxygens (including phenoxy) is 1. The summed E-state index contributed by atoms with van der Waals surface area (Å²) in [6, 6.07) is 2.24. The molecule has 4 nitrogen and oxygen atoms in total. The Morgan fingerprint density at radius 3 is 2.95 bits per heavy atom. The fourth-order valence-electron chi connectivity index (χ4n) is 3.29. The van der Waals surface area contributed by atoms with Crippen LogP contribution in [0.25, 0.3) is 0 Å². The van der Waals surface area contributed by atoms with Gasteiger partial charge in [-0.25, -0.2) is 4.98 Å². The standard InChI is InChI=1S/C15H21N3O/c16-8-3-4-13-14-5-1-2-9-18(14)15(17-13)12-6-10-19-11-7-12/h12H,1-7,9-11H2. The molecule has 2 aliphatic heterocycles. The second-order valence-electron chi connectivity index (χ2n) is 5.52. The Morgan fingerprint density at radius 1 is 1.32 bits per heavy atom. The molecule has 102 valence electrons. The summed E-state index contributed by atoms with van der Waals surface area (Å²) in [5.41, 5.74) is 2.59. The van der Waals surface area contributed by atoms with E-state index in [1.54, 1.807) is 0 Å². The van der Waals surface area contributed by atoms with E-state index in [2.05, 4.69) is 10.6 Å². The Kier molecular flexibility index (Phi) is 3.84. The Hall–Kier alpha value is -1.34. The number of aryl methyl sites for hydroxylation is 1. The molecule has 0 atom stereocenters. The monoisotopic (exact) mass is 259 g/mol. The minimum Gasteiger partial charge on any atom is -0.381 e. The molecule has 0 bridgehead atoms. The van der Waals surface area contributed by atoms with Crippen molar-refractivity contribution >= 4 is 0 Å². The fourth-order valence-corrected chi connectivity index (χ4v) is 3.29. The summed E-state index contributed by atoms with van der Waals surface area (Å²) in [4.78, 5) is 4.91. The normalized spacial score (nSPS) is 19.9. The van der Waals surface area contributed by atoms with Gasteiger partial charge in [-0.05, 0) is 32.1 Å². The van der Waals surface area contributed by atoms with Crippen molar-refractivity contribution in [3.05, 3.63) is 17.2 Å². The molecule has 0 unspecified atom stereocenters. The SMILES string of the molecule is N#CCCc1nc(C2CCOCC2)n2c1CCCC2. The molecule has 4 heteroatoms. The molecule has 1 saturated heterocycles. The number of hydrogen-bond acceptors (Lipinski definition) is 3. The smallest absolute Gasteiger partial charge is 0.112 e. The topological polar surface area (TPSA) is 50.8 Å². The number of imidazole rings is 1. The molecule has 1 aromatic rings. The van der Waals surface area contributed by atoms with Crippen molar-refractivity contribution in [3.8, 4) is 6.07 Å². The first-order chi connectivity index (χ1) is 9.40. The van der Waals surface area contributed by atoms with Crippen LogP contribution in [0.4, 0.5) is 0 Å². The van der Waals surface area contributed by atoms with Gasteiger partial charge in [0, 0.05) is 44.2 Å². The van der Waals surface area contributed by atoms with Crippen molar-refractivity contribution in [1.29, 1.82) is 5.26 Å². The molecule has 0 aromatic carbocycles. The van der Waals surface area contributed by atoms with Crippen molar-refractivity contribution in [2.45, 2.75) is 57.4 Å². The molecule has 3 rings (SSSR count). The summed E-state index contributed by atoms with van der Waals surface area (Å²) in [6.07, 6.45) is 7.24. The summed E-state index contributed by atoms with van der Waals surface area (Å²) in [6.45, 7) is 2.84. The average Bonchev–Trinajstić information content (AvgIpc) is 2.85. The van der Waals surface area contributed by atoms with Crippen LogP contribution in [0.15, 0.2) is 0 Å². The highest BCUT2D eigenvalue weighted by Gasteiger charge is 2.26. The third kappa shape index (κ3) is 2.52. The Balaban J connectivity index is 1.90. The van der Waals surface area contributed by atoms with Gasteiger partial charge in [0.2, 0.25) is 0 Å². The van der Waals surface area contributed by atoms with Gasteiger partial charge in [-0.1, -0.05) is 0 Å². The van der Waals surface area contributed by atoms with E-state index in [1.165, 1.54) is 30.1 Å². The first-order valence-corrected chi connectivity index (χ1v) is 7.43. The van der Waals surface area contributed by atoms with Crippen molar-refractivity contribution in [2.24, 2.45) is 0 Å². The van der Waals surface area contributed by atoms with E-state index < -0.39 is 0 Å². The number of nitriles is 1. The van der Waals surface area contributed by atoms with Crippen LogP contribution in [0.3, 0.4) is 0 Å². The maximum Gasteiger partial charge on any atom is 0.112 e. The highest BCUT2D eigenvalue weighted by atomic mass is 16.5. The van der Waals surface area contributed by atoms with E-state index in [0.717, 1.165) is 45.4 Å². The van der Waals surface area contributed by atoms with Gasteiger partial charge in [0.05, 0.1) is 11.8 Å². The van der Waals surface area contributed by atoms with E-state index in [9.17, 15) is 0 Å². The van der Waals surface area contributed by atoms with E-state index in [-0.39, 0.29) is 0 Å². The van der Waals surface area contributed by atoms with E-state index >= 15 is 0 Å². The number of hydrogen-bond donors (Lipinski definition) is 0. The molecule has 0 amide bonds. The number of rotatable bonds is 3. The van der Waals surface area contributed by atoms with Gasteiger partial charge in [0.1, 0.15) is 5.82 Å². The maximum atomic E-state index is 8.79. The van der Waals surface area contributed by atoms with Gasteiger partial charge in [-0.15, -0.1) is 0 Å². The third-order valence-corrected chi connectivity index (χ3v) is 4.29. The highest BCUT2D eigenvalue weighted by Crippen LogP contribution is 2.31. The first kappa shape index (κ1) is 12.7. The molecular weight excluding hydrogens is 238 g/mol. The van der Waals surface area contributed by atoms with E-state index in [0.29, 0.717) is 12.3 Å². The summed E-state index contributed by atoms with van der Waals surface area (Å²) in [5, 5.41) is 8.79. The van der Waals surface area contributed by atoms with Crippen LogP contribution in [-0.4, -0.2) is 22.8 Å². The third-order valence-electron chi connectivity index (χ3n) is 4.29. The van der Waals surface area contributed by atoms with Crippen LogP contribution >= 0.6 is 0 Å². The zero-order chi connectivity index (χ0) is 13.1. The second-order valence-corrected chi connectivity index (χ2v) is 5.52. The molecule has 1 fully saturated rings. The molecule has 1 aromatic heterocycles. The Bertz CT molecular complexity index is 480. The van der Waals surface area contributed by atoms with Gasteiger partial charge < -0.3 is 9.30 Å². The number of fused-ring (bicyclic) bond motifs is 1. The molecular formula is C15H21N3O. The zero-order valence-electron chi connectivity index (χ0n) is 11.4. The summed E-state index contributed by atoms with van der Waals surface area (Å²) in [7, 11) is 0. The first-order valence-electron chi connectivity index (χ1n) is 7.43. The van der Waals surface area contributed by atoms with Crippen molar-refractivity contribution in [1.82, 2.24) is 9.55 Å². The van der Waals surface area contributed by atoms with Crippen LogP contribution < -0.4 is 0 Å². The minimum atomic E-state index is 0.557. The Morgan fingerprint density at radius 2 is 2.16 bits per heavy atom. The van der Waals surface area contributed by atoms with Gasteiger partial charge in [-0.3, -0.25) is 0 Å². The highest BCUT2D eigenvalue weighted by molar-refractivity contribution is 5.22. The Labute approximate surface area is 114 Å². The maximum absolute atomic E-state index is 8.79. The zero-order valence-corrected chi connectivity index (χ0v) is 11.4. The molecule has 3 heterocycles. The predicted octanol–water partition coefficient (Wildman–Crippen LogP) is 2.57. The molecule has 2 aliphatic rings. The van der Waals surface area contributed by atoms with Crippen molar-refractivity contribution in [2.75, 3.05) is 13.2 Å². The van der Waals surface area contributed by atoms with Crippen LogP contribution in [0.5, 0.6) is 0 Å². The average molecular weight is 259 g/mol. The lowest BCUT2D eigenvalue weighted by atomic mass is 9.99. The minimum absolute atomic E-state index is 0.557. The second kappa shape index (κ2) is 5.75.